The van der Waals surface area contributed by atoms with Crippen molar-refractivity contribution >= 4 is 28.0 Å². The fourth-order valence-corrected chi connectivity index (χ4v) is 4.32. The van der Waals surface area contributed by atoms with E-state index in [0.29, 0.717) is 29.7 Å². The zero-order valence-corrected chi connectivity index (χ0v) is 18.4. The molecule has 5 heterocycles. The number of ether oxygens (including phenoxy) is 1. The SMILES string of the molecule is Cc1cccc(-c2nccc(Nc3ccnc(Cc4ncc(N5CCOCC5)s4)n3)n2)n1. The maximum Gasteiger partial charge on any atom is 0.180 e. The third kappa shape index (κ3) is 4.87. The molecular weight excluding hydrogens is 424 g/mol. The first-order valence-corrected chi connectivity index (χ1v) is 11.2. The Kier molecular flexibility index (Phi) is 5.95. The van der Waals surface area contributed by atoms with Crippen LogP contribution in [0.3, 0.4) is 0 Å². The predicted octanol–water partition coefficient (Wildman–Crippen LogP) is 3.26. The minimum Gasteiger partial charge on any atom is -0.378 e. The van der Waals surface area contributed by atoms with Crippen LogP contribution in [-0.2, 0) is 11.2 Å². The Bertz CT molecular complexity index is 1210. The van der Waals surface area contributed by atoms with E-state index in [2.05, 4.69) is 40.1 Å². The number of anilines is 3. The Balaban J connectivity index is 1.29. The average molecular weight is 447 g/mol. The molecule has 1 N–H and O–H groups in total. The number of rotatable bonds is 6. The summed E-state index contributed by atoms with van der Waals surface area (Å²) in [6.07, 6.45) is 5.95. The number of thiazole rings is 1. The van der Waals surface area contributed by atoms with Crippen LogP contribution in [0.2, 0.25) is 0 Å². The zero-order valence-electron chi connectivity index (χ0n) is 17.6. The van der Waals surface area contributed by atoms with E-state index in [1.54, 1.807) is 29.8 Å². The number of aromatic nitrogens is 6. The zero-order chi connectivity index (χ0) is 21.8. The van der Waals surface area contributed by atoms with Gasteiger partial charge in [-0.25, -0.2) is 29.9 Å². The molecule has 0 bridgehead atoms. The molecule has 32 heavy (non-hydrogen) atoms. The number of hydrogen-bond acceptors (Lipinski definition) is 10. The summed E-state index contributed by atoms with van der Waals surface area (Å²) >= 11 is 1.68. The predicted molar refractivity (Wildman–Crippen MR) is 123 cm³/mol. The van der Waals surface area contributed by atoms with Crippen molar-refractivity contribution in [2.45, 2.75) is 13.3 Å². The van der Waals surface area contributed by atoms with Crippen molar-refractivity contribution in [3.8, 4) is 11.5 Å². The average Bonchev–Trinajstić information content (AvgIpc) is 3.29. The Morgan fingerprint density at radius 1 is 0.969 bits per heavy atom. The van der Waals surface area contributed by atoms with Gasteiger partial charge >= 0.3 is 0 Å². The van der Waals surface area contributed by atoms with Crippen LogP contribution in [0.25, 0.3) is 11.5 Å². The van der Waals surface area contributed by atoms with Crippen LogP contribution in [-0.4, -0.2) is 56.2 Å². The van der Waals surface area contributed by atoms with E-state index in [9.17, 15) is 0 Å². The number of pyridine rings is 1. The van der Waals surface area contributed by atoms with Crippen molar-refractivity contribution in [1.29, 1.82) is 0 Å². The van der Waals surface area contributed by atoms with Crippen molar-refractivity contribution in [3.63, 3.8) is 0 Å². The summed E-state index contributed by atoms with van der Waals surface area (Å²) in [5.41, 5.74) is 1.65. The maximum atomic E-state index is 5.43. The van der Waals surface area contributed by atoms with Gasteiger partial charge in [0.1, 0.15) is 33.2 Å². The molecule has 0 radical (unpaired) electrons. The van der Waals surface area contributed by atoms with Crippen LogP contribution >= 0.6 is 11.3 Å². The molecule has 0 atom stereocenters. The minimum absolute atomic E-state index is 0.561. The second-order valence-corrected chi connectivity index (χ2v) is 8.37. The summed E-state index contributed by atoms with van der Waals surface area (Å²) in [4.78, 5) is 29.3. The second kappa shape index (κ2) is 9.33. The van der Waals surface area contributed by atoms with Gasteiger partial charge in [0.05, 0.1) is 25.8 Å². The van der Waals surface area contributed by atoms with Crippen LogP contribution in [0.5, 0.6) is 0 Å². The molecule has 1 fully saturated rings. The molecule has 0 spiro atoms. The number of nitrogens with one attached hydrogen (secondary N) is 1. The highest BCUT2D eigenvalue weighted by Crippen LogP contribution is 2.25. The van der Waals surface area contributed by atoms with Gasteiger partial charge in [-0.05, 0) is 31.2 Å². The largest absolute Gasteiger partial charge is 0.378 e. The molecule has 0 aliphatic carbocycles. The lowest BCUT2D eigenvalue weighted by molar-refractivity contribution is 0.123. The van der Waals surface area contributed by atoms with Crippen LogP contribution in [0.15, 0.2) is 48.9 Å². The number of hydrogen-bond donors (Lipinski definition) is 1. The normalized spacial score (nSPS) is 13.8. The first kappa shape index (κ1) is 20.4. The van der Waals surface area contributed by atoms with Gasteiger partial charge in [0, 0.05) is 31.2 Å². The lowest BCUT2D eigenvalue weighted by Gasteiger charge is -2.26. The fraction of sp³-hybridized carbons (Fsp3) is 0.273. The van der Waals surface area contributed by atoms with E-state index in [-0.39, 0.29) is 0 Å². The van der Waals surface area contributed by atoms with E-state index < -0.39 is 0 Å². The summed E-state index contributed by atoms with van der Waals surface area (Å²) in [5.74, 6) is 2.58. The van der Waals surface area contributed by atoms with E-state index >= 15 is 0 Å². The molecule has 0 saturated carbocycles. The van der Waals surface area contributed by atoms with Crippen molar-refractivity contribution in [2.75, 3.05) is 36.5 Å². The van der Waals surface area contributed by atoms with E-state index in [1.165, 1.54) is 0 Å². The highest BCUT2D eigenvalue weighted by atomic mass is 32.1. The standard InChI is InChI=1S/C22H22N8OS/c1-15-3-2-4-16(26-15)22-24-8-6-18(29-22)27-17-5-7-23-19(28-17)13-20-25-14-21(32-20)30-9-11-31-12-10-30/h2-8,14H,9-13H2,1H3,(H,23,24,27,28,29). The number of morpholine rings is 1. The van der Waals surface area contributed by atoms with Gasteiger partial charge in [-0.15, -0.1) is 11.3 Å². The fourth-order valence-electron chi connectivity index (χ4n) is 3.35. The molecular formula is C22H22N8OS. The van der Waals surface area contributed by atoms with Crippen LogP contribution in [0.4, 0.5) is 16.6 Å². The molecule has 9 nitrogen and oxygen atoms in total. The smallest absolute Gasteiger partial charge is 0.180 e. The summed E-state index contributed by atoms with van der Waals surface area (Å²) in [6, 6.07) is 9.41. The molecule has 10 heteroatoms. The molecule has 4 aromatic rings. The van der Waals surface area contributed by atoms with Gasteiger partial charge in [-0.2, -0.15) is 0 Å². The van der Waals surface area contributed by atoms with Crippen LogP contribution in [0, 0.1) is 6.92 Å². The van der Waals surface area contributed by atoms with Gasteiger partial charge in [-0.1, -0.05) is 6.07 Å². The Hall–Kier alpha value is -3.50. The van der Waals surface area contributed by atoms with Gasteiger partial charge in [0.2, 0.25) is 0 Å². The van der Waals surface area contributed by atoms with E-state index in [0.717, 1.165) is 47.7 Å². The summed E-state index contributed by atoms with van der Waals surface area (Å²) < 4.78 is 5.43. The topological polar surface area (TPSA) is 102 Å². The summed E-state index contributed by atoms with van der Waals surface area (Å²) in [5, 5.41) is 5.39. The molecule has 0 aromatic carbocycles. The van der Waals surface area contributed by atoms with Crippen molar-refractivity contribution in [2.24, 2.45) is 0 Å². The Labute approximate surface area is 189 Å². The second-order valence-electron chi connectivity index (χ2n) is 7.28. The summed E-state index contributed by atoms with van der Waals surface area (Å²) in [7, 11) is 0. The third-order valence-corrected chi connectivity index (χ3v) is 5.97. The maximum absolute atomic E-state index is 5.43. The van der Waals surface area contributed by atoms with E-state index in [4.69, 9.17) is 4.74 Å². The molecule has 5 rings (SSSR count). The van der Waals surface area contributed by atoms with Gasteiger partial charge in [0.25, 0.3) is 0 Å². The molecule has 1 aliphatic heterocycles. The van der Waals surface area contributed by atoms with Crippen molar-refractivity contribution in [1.82, 2.24) is 29.9 Å². The quantitative estimate of drug-likeness (QED) is 0.478. The van der Waals surface area contributed by atoms with Gasteiger partial charge < -0.3 is 15.0 Å². The monoisotopic (exact) mass is 446 g/mol. The molecule has 0 amide bonds. The van der Waals surface area contributed by atoms with Crippen molar-refractivity contribution < 1.29 is 4.74 Å². The number of nitrogens with zero attached hydrogens (tertiary/aromatic N) is 7. The number of aryl methyl sites for hydroxylation is 1. The molecule has 1 aliphatic rings. The lowest BCUT2D eigenvalue weighted by Crippen LogP contribution is -2.35. The Morgan fingerprint density at radius 3 is 2.62 bits per heavy atom. The third-order valence-electron chi connectivity index (χ3n) is 4.91. The van der Waals surface area contributed by atoms with E-state index in [1.807, 2.05) is 37.4 Å². The Morgan fingerprint density at radius 2 is 1.78 bits per heavy atom. The molecule has 162 valence electrons. The highest BCUT2D eigenvalue weighted by Gasteiger charge is 2.15. The van der Waals surface area contributed by atoms with Gasteiger partial charge in [0.15, 0.2) is 5.82 Å². The highest BCUT2D eigenvalue weighted by molar-refractivity contribution is 7.15. The van der Waals surface area contributed by atoms with Gasteiger partial charge in [-0.3, -0.25) is 0 Å². The first-order valence-electron chi connectivity index (χ1n) is 10.4. The first-order chi connectivity index (χ1) is 15.7. The molecule has 0 unspecified atom stereocenters. The molecule has 1 saturated heterocycles. The minimum atomic E-state index is 0.561. The van der Waals surface area contributed by atoms with Crippen LogP contribution in [0.1, 0.15) is 16.5 Å². The van der Waals surface area contributed by atoms with Crippen molar-refractivity contribution in [3.05, 3.63) is 65.4 Å². The summed E-state index contributed by atoms with van der Waals surface area (Å²) in [6.45, 7) is 5.26. The molecule has 4 aromatic heterocycles. The lowest BCUT2D eigenvalue weighted by atomic mass is 10.3. The van der Waals surface area contributed by atoms with Crippen LogP contribution < -0.4 is 10.2 Å².